The van der Waals surface area contributed by atoms with Gasteiger partial charge in [-0.25, -0.2) is 0 Å². The van der Waals surface area contributed by atoms with Crippen LogP contribution in [0.2, 0.25) is 0 Å². The fourth-order valence-electron chi connectivity index (χ4n) is 2.64. The van der Waals surface area contributed by atoms with Gasteiger partial charge in [-0.3, -0.25) is 9.59 Å². The van der Waals surface area contributed by atoms with E-state index < -0.39 is 0 Å². The number of amides is 1. The maximum Gasteiger partial charge on any atom is 0.295 e. The molecule has 0 atom stereocenters. The predicted octanol–water partition coefficient (Wildman–Crippen LogP) is 4.53. The molecular formula is C22H35N5O2S2. The van der Waals surface area contributed by atoms with Crippen molar-refractivity contribution in [3.63, 3.8) is 0 Å². The summed E-state index contributed by atoms with van der Waals surface area (Å²) in [5.74, 6) is 6.34. The Morgan fingerprint density at radius 1 is 1.10 bits per heavy atom. The van der Waals surface area contributed by atoms with E-state index in [0.717, 1.165) is 36.4 Å². The van der Waals surface area contributed by atoms with Crippen LogP contribution >= 0.6 is 23.5 Å². The largest absolute Gasteiger partial charge is 0.334 e. The molecule has 9 heteroatoms. The molecule has 0 aliphatic rings. The number of nitrogen functional groups attached to an aromatic ring is 1. The number of nitrogens with two attached hydrogens (primary N) is 1. The van der Waals surface area contributed by atoms with Gasteiger partial charge < -0.3 is 10.7 Å². The van der Waals surface area contributed by atoms with Crippen molar-refractivity contribution in [2.45, 2.75) is 63.8 Å². The van der Waals surface area contributed by atoms with E-state index in [2.05, 4.69) is 36.2 Å². The highest BCUT2D eigenvalue weighted by molar-refractivity contribution is 8.12. The highest BCUT2D eigenvalue weighted by Gasteiger charge is 2.22. The van der Waals surface area contributed by atoms with E-state index in [-0.39, 0.29) is 16.2 Å². The van der Waals surface area contributed by atoms with Crippen LogP contribution in [0.5, 0.6) is 0 Å². The van der Waals surface area contributed by atoms with Gasteiger partial charge in [0, 0.05) is 24.3 Å². The van der Waals surface area contributed by atoms with Gasteiger partial charge in [-0.05, 0) is 24.7 Å². The molecule has 0 radical (unpaired) electrons. The molecule has 7 nitrogen and oxygen atoms in total. The van der Waals surface area contributed by atoms with Gasteiger partial charge in [0.1, 0.15) is 5.69 Å². The van der Waals surface area contributed by atoms with Crippen LogP contribution in [0, 0.1) is 0 Å². The summed E-state index contributed by atoms with van der Waals surface area (Å²) in [6.07, 6.45) is 3.85. The SMILES string of the molecule is CCCN(CCC)C(=O)SCc1ccccc1.CSc1nnc(C(C)(C)C)c(=O)n1N. The number of carbonyl (C=O) groups excluding carboxylic acids is 1. The first kappa shape index (κ1) is 27.0. The lowest BCUT2D eigenvalue weighted by Gasteiger charge is -2.20. The molecule has 2 N–H and O–H groups in total. The molecule has 172 valence electrons. The predicted molar refractivity (Wildman–Crippen MR) is 132 cm³/mol. The second kappa shape index (κ2) is 13.4. The van der Waals surface area contributed by atoms with Crippen molar-refractivity contribution < 1.29 is 4.79 Å². The molecule has 2 aromatic rings. The lowest BCUT2D eigenvalue weighted by Crippen LogP contribution is -2.37. The number of benzene rings is 1. The Bertz CT molecular complexity index is 860. The Morgan fingerprint density at radius 3 is 2.16 bits per heavy atom. The van der Waals surface area contributed by atoms with E-state index in [4.69, 9.17) is 5.84 Å². The second-order valence-corrected chi connectivity index (χ2v) is 9.69. The number of thioether (sulfide) groups is 2. The van der Waals surface area contributed by atoms with E-state index in [1.165, 1.54) is 29.1 Å². The van der Waals surface area contributed by atoms with Crippen LogP contribution in [-0.2, 0) is 11.2 Å². The molecular weight excluding hydrogens is 430 g/mol. The third kappa shape index (κ3) is 8.95. The number of aromatic nitrogens is 3. The zero-order chi connectivity index (χ0) is 23.4. The van der Waals surface area contributed by atoms with E-state index in [0.29, 0.717) is 10.9 Å². The van der Waals surface area contributed by atoms with Gasteiger partial charge in [-0.15, -0.1) is 10.2 Å². The molecule has 1 amide bonds. The fourth-order valence-corrected chi connectivity index (χ4v) is 3.89. The molecule has 0 saturated heterocycles. The Kier molecular flexibility index (Phi) is 11.7. The molecule has 0 unspecified atom stereocenters. The van der Waals surface area contributed by atoms with E-state index in [1.54, 1.807) is 6.26 Å². The maximum atomic E-state index is 12.0. The monoisotopic (exact) mass is 465 g/mol. The van der Waals surface area contributed by atoms with Crippen LogP contribution in [-0.4, -0.2) is 44.4 Å². The molecule has 0 saturated carbocycles. The van der Waals surface area contributed by atoms with Crippen molar-refractivity contribution in [1.82, 2.24) is 19.8 Å². The molecule has 0 aliphatic carbocycles. The Labute approximate surface area is 194 Å². The summed E-state index contributed by atoms with van der Waals surface area (Å²) in [5, 5.41) is 8.40. The van der Waals surface area contributed by atoms with Crippen molar-refractivity contribution in [2.75, 3.05) is 25.2 Å². The molecule has 1 heterocycles. The smallest absolute Gasteiger partial charge is 0.295 e. The van der Waals surface area contributed by atoms with Crippen LogP contribution in [0.3, 0.4) is 0 Å². The van der Waals surface area contributed by atoms with Crippen molar-refractivity contribution in [1.29, 1.82) is 0 Å². The number of nitrogens with zero attached hydrogens (tertiary/aromatic N) is 4. The van der Waals surface area contributed by atoms with Crippen LogP contribution in [0.15, 0.2) is 40.3 Å². The fraction of sp³-hybridized carbons (Fsp3) is 0.545. The Balaban J connectivity index is 0.000000316. The first-order chi connectivity index (χ1) is 14.6. The average molecular weight is 466 g/mol. The van der Waals surface area contributed by atoms with Crippen molar-refractivity contribution in [2.24, 2.45) is 0 Å². The molecule has 31 heavy (non-hydrogen) atoms. The summed E-state index contributed by atoms with van der Waals surface area (Å²) < 4.78 is 1.04. The first-order valence-electron chi connectivity index (χ1n) is 10.4. The number of carbonyl (C=O) groups is 1. The summed E-state index contributed by atoms with van der Waals surface area (Å²) in [6, 6.07) is 10.1. The summed E-state index contributed by atoms with van der Waals surface area (Å²) in [4.78, 5) is 25.7. The highest BCUT2D eigenvalue weighted by Crippen LogP contribution is 2.17. The summed E-state index contributed by atoms with van der Waals surface area (Å²) in [5.41, 5.74) is 0.982. The molecule has 0 bridgehead atoms. The molecule has 0 fully saturated rings. The highest BCUT2D eigenvalue weighted by atomic mass is 32.2. The topological polar surface area (TPSA) is 94.1 Å². The molecule has 2 rings (SSSR count). The molecule has 1 aromatic carbocycles. The summed E-state index contributed by atoms with van der Waals surface area (Å²) in [6.45, 7) is 11.7. The zero-order valence-corrected chi connectivity index (χ0v) is 21.1. The minimum absolute atomic E-state index is 0.206. The first-order valence-corrected chi connectivity index (χ1v) is 12.6. The van der Waals surface area contributed by atoms with Crippen LogP contribution in [0.4, 0.5) is 4.79 Å². The quantitative estimate of drug-likeness (QED) is 0.474. The average Bonchev–Trinajstić information content (AvgIpc) is 2.74. The molecule has 0 spiro atoms. The van der Waals surface area contributed by atoms with Gasteiger partial charge >= 0.3 is 0 Å². The van der Waals surface area contributed by atoms with Crippen LogP contribution in [0.1, 0.15) is 58.7 Å². The number of hydrogen-bond acceptors (Lipinski definition) is 7. The van der Waals surface area contributed by atoms with Gasteiger partial charge in [0.2, 0.25) is 5.16 Å². The number of rotatable bonds is 7. The summed E-state index contributed by atoms with van der Waals surface area (Å²) in [7, 11) is 0. The van der Waals surface area contributed by atoms with Crippen molar-refractivity contribution >= 4 is 28.8 Å². The maximum absolute atomic E-state index is 12.0. The minimum Gasteiger partial charge on any atom is -0.334 e. The zero-order valence-electron chi connectivity index (χ0n) is 19.4. The van der Waals surface area contributed by atoms with Gasteiger partial charge in [0.25, 0.3) is 10.8 Å². The number of hydrogen-bond donors (Lipinski definition) is 1. The standard InChI is InChI=1S/C14H21NOS.C8H14N4OS/c1-3-10-15(11-4-2)14(16)17-12-13-8-6-5-7-9-13;1-8(2,3)5-6(13)12(9)7(14-4)11-10-5/h5-9H,3-4,10-12H2,1-2H3;9H2,1-4H3. The Morgan fingerprint density at radius 2 is 1.68 bits per heavy atom. The third-order valence-electron chi connectivity index (χ3n) is 4.21. The van der Waals surface area contributed by atoms with E-state index in [9.17, 15) is 9.59 Å². The van der Waals surface area contributed by atoms with Crippen LogP contribution < -0.4 is 11.4 Å². The lowest BCUT2D eigenvalue weighted by molar-refractivity contribution is 0.223. The van der Waals surface area contributed by atoms with Crippen molar-refractivity contribution in [3.05, 3.63) is 51.9 Å². The Hall–Kier alpha value is -2.00. The molecule has 1 aromatic heterocycles. The lowest BCUT2D eigenvalue weighted by atomic mass is 9.93. The molecule has 0 aliphatic heterocycles. The third-order valence-corrected chi connectivity index (χ3v) is 5.83. The summed E-state index contributed by atoms with van der Waals surface area (Å²) >= 11 is 2.70. The van der Waals surface area contributed by atoms with E-state index >= 15 is 0 Å². The van der Waals surface area contributed by atoms with Gasteiger partial charge in [0.15, 0.2) is 0 Å². The van der Waals surface area contributed by atoms with Gasteiger partial charge in [-0.1, -0.05) is 88.5 Å². The van der Waals surface area contributed by atoms with Gasteiger partial charge in [0.05, 0.1) is 0 Å². The van der Waals surface area contributed by atoms with Gasteiger partial charge in [-0.2, -0.15) is 4.68 Å². The second-order valence-electron chi connectivity index (χ2n) is 7.99. The normalized spacial score (nSPS) is 10.9. The van der Waals surface area contributed by atoms with Crippen molar-refractivity contribution in [3.8, 4) is 0 Å². The van der Waals surface area contributed by atoms with Crippen LogP contribution in [0.25, 0.3) is 0 Å². The minimum atomic E-state index is -0.331. The van der Waals surface area contributed by atoms with E-state index in [1.807, 2.05) is 43.9 Å².